The zero-order valence-electron chi connectivity index (χ0n) is 20.4. The molecule has 0 aromatic heterocycles. The van der Waals surface area contributed by atoms with Crippen molar-refractivity contribution in [2.45, 2.75) is 51.9 Å². The number of benzene rings is 3. The summed E-state index contributed by atoms with van der Waals surface area (Å²) < 4.78 is 1.07. The maximum absolute atomic E-state index is 2.39. The highest BCUT2D eigenvalue weighted by atomic mass is 15.3. The highest BCUT2D eigenvalue weighted by Gasteiger charge is 2.20. The van der Waals surface area contributed by atoms with Gasteiger partial charge in [-0.05, 0) is 65.5 Å². The van der Waals surface area contributed by atoms with Crippen LogP contribution in [0, 0.1) is 6.92 Å². The summed E-state index contributed by atoms with van der Waals surface area (Å²) in [5.74, 6) is 0. The molecule has 0 radical (unpaired) electrons. The van der Waals surface area contributed by atoms with E-state index in [9.17, 15) is 0 Å². The Morgan fingerprint density at radius 2 is 1.19 bits per heavy atom. The van der Waals surface area contributed by atoms with Crippen molar-refractivity contribution < 1.29 is 4.48 Å². The average Bonchev–Trinajstić information content (AvgIpc) is 2.73. The molecule has 0 saturated carbocycles. The first-order valence-electron chi connectivity index (χ1n) is 11.7. The summed E-state index contributed by atoms with van der Waals surface area (Å²) in [5, 5.41) is 0. The topological polar surface area (TPSA) is 0 Å². The van der Waals surface area contributed by atoms with Crippen molar-refractivity contribution in [3.8, 4) is 22.3 Å². The second-order valence-electron chi connectivity index (χ2n) is 10.7. The molecule has 1 nitrogen and oxygen atoms in total. The molecule has 0 aliphatic rings. The van der Waals surface area contributed by atoms with Crippen LogP contribution in [0.2, 0.25) is 0 Å². The summed E-state index contributed by atoms with van der Waals surface area (Å²) in [4.78, 5) is 0. The lowest BCUT2D eigenvalue weighted by atomic mass is 9.79. The van der Waals surface area contributed by atoms with Crippen LogP contribution in [0.3, 0.4) is 0 Å². The Morgan fingerprint density at radius 3 is 1.74 bits per heavy atom. The number of hydrogen-bond donors (Lipinski definition) is 0. The molecular formula is C30H40N+. The van der Waals surface area contributed by atoms with Crippen molar-refractivity contribution >= 4 is 0 Å². The van der Waals surface area contributed by atoms with Crippen molar-refractivity contribution in [1.82, 2.24) is 0 Å². The Bertz CT molecular complexity index is 957. The van der Waals surface area contributed by atoms with Crippen LogP contribution < -0.4 is 0 Å². The fraction of sp³-hybridized carbons (Fsp3) is 0.400. The number of aryl methyl sites for hydroxylation is 1. The van der Waals surface area contributed by atoms with Gasteiger partial charge in [0.25, 0.3) is 0 Å². The van der Waals surface area contributed by atoms with E-state index in [0.717, 1.165) is 4.48 Å². The van der Waals surface area contributed by atoms with Crippen LogP contribution in [0.15, 0.2) is 72.8 Å². The van der Waals surface area contributed by atoms with Gasteiger partial charge in [0.05, 0.1) is 27.7 Å². The van der Waals surface area contributed by atoms with Gasteiger partial charge in [-0.1, -0.05) is 92.6 Å². The highest BCUT2D eigenvalue weighted by molar-refractivity contribution is 5.73. The van der Waals surface area contributed by atoms with E-state index < -0.39 is 0 Å². The molecule has 0 unspecified atom stereocenters. The van der Waals surface area contributed by atoms with Crippen LogP contribution in [0.25, 0.3) is 22.3 Å². The van der Waals surface area contributed by atoms with Gasteiger partial charge in [0.15, 0.2) is 0 Å². The fourth-order valence-corrected chi connectivity index (χ4v) is 4.21. The molecule has 3 aromatic rings. The molecule has 1 heteroatoms. The van der Waals surface area contributed by atoms with Gasteiger partial charge in [-0.15, -0.1) is 0 Å². The first-order valence-corrected chi connectivity index (χ1v) is 11.7. The quantitative estimate of drug-likeness (QED) is 0.247. The lowest BCUT2D eigenvalue weighted by Crippen LogP contribution is -2.35. The van der Waals surface area contributed by atoms with E-state index in [1.807, 2.05) is 0 Å². The van der Waals surface area contributed by atoms with E-state index in [4.69, 9.17) is 0 Å². The monoisotopic (exact) mass is 414 g/mol. The molecule has 3 aromatic carbocycles. The molecule has 0 atom stereocenters. The van der Waals surface area contributed by atoms with Crippen molar-refractivity contribution in [1.29, 1.82) is 0 Å². The van der Waals surface area contributed by atoms with E-state index in [1.165, 1.54) is 65.6 Å². The maximum Gasteiger partial charge on any atom is 0.0780 e. The lowest BCUT2D eigenvalue weighted by Gasteiger charge is -2.27. The molecule has 0 aliphatic carbocycles. The van der Waals surface area contributed by atoms with Gasteiger partial charge in [-0.2, -0.15) is 0 Å². The predicted octanol–water partition coefficient (Wildman–Crippen LogP) is 7.87. The van der Waals surface area contributed by atoms with Crippen LogP contribution in [0.4, 0.5) is 0 Å². The van der Waals surface area contributed by atoms with Gasteiger partial charge >= 0.3 is 0 Å². The van der Waals surface area contributed by atoms with E-state index in [2.05, 4.69) is 115 Å². The summed E-state index contributed by atoms with van der Waals surface area (Å²) in [6.07, 6.45) is 5.18. The number of rotatable bonds is 9. The normalized spacial score (nSPS) is 12.2. The molecule has 0 bridgehead atoms. The van der Waals surface area contributed by atoms with Crippen LogP contribution in [-0.2, 0) is 5.41 Å². The number of quaternary nitrogens is 1. The summed E-state index contributed by atoms with van der Waals surface area (Å²) in [6.45, 7) is 8.17. The molecule has 3 rings (SSSR count). The van der Waals surface area contributed by atoms with E-state index >= 15 is 0 Å². The molecule has 0 saturated heterocycles. The predicted molar refractivity (Wildman–Crippen MR) is 136 cm³/mol. The summed E-state index contributed by atoms with van der Waals surface area (Å²) >= 11 is 0. The molecular weight excluding hydrogens is 374 g/mol. The molecule has 0 N–H and O–H groups in total. The minimum atomic E-state index is 0.221. The minimum absolute atomic E-state index is 0.221. The van der Waals surface area contributed by atoms with E-state index in [1.54, 1.807) is 0 Å². The number of nitrogens with zero attached hydrogens (tertiary/aromatic N) is 1. The first-order chi connectivity index (χ1) is 14.6. The van der Waals surface area contributed by atoms with Crippen molar-refractivity contribution in [2.75, 3.05) is 27.7 Å². The second-order valence-corrected chi connectivity index (χ2v) is 10.7. The molecule has 164 valence electrons. The molecule has 0 fully saturated rings. The zero-order chi connectivity index (χ0) is 22.5. The molecule has 0 aliphatic heterocycles. The van der Waals surface area contributed by atoms with Crippen molar-refractivity contribution in [2.24, 2.45) is 0 Å². The van der Waals surface area contributed by atoms with Crippen LogP contribution >= 0.6 is 0 Å². The van der Waals surface area contributed by atoms with Gasteiger partial charge in [0.1, 0.15) is 0 Å². The Balaban J connectivity index is 1.65. The van der Waals surface area contributed by atoms with Crippen LogP contribution in [0.1, 0.15) is 50.7 Å². The Morgan fingerprint density at radius 1 is 0.645 bits per heavy atom. The van der Waals surface area contributed by atoms with Crippen LogP contribution in [0.5, 0.6) is 0 Å². The lowest BCUT2D eigenvalue weighted by molar-refractivity contribution is -0.870. The van der Waals surface area contributed by atoms with Gasteiger partial charge < -0.3 is 4.48 Å². The van der Waals surface area contributed by atoms with Crippen LogP contribution in [-0.4, -0.2) is 32.2 Å². The largest absolute Gasteiger partial charge is 0.331 e. The first kappa shape index (κ1) is 23.3. The second kappa shape index (κ2) is 9.83. The molecule has 31 heavy (non-hydrogen) atoms. The maximum atomic E-state index is 2.39. The average molecular weight is 415 g/mol. The third-order valence-electron chi connectivity index (χ3n) is 6.38. The van der Waals surface area contributed by atoms with E-state index in [-0.39, 0.29) is 5.41 Å². The smallest absolute Gasteiger partial charge is 0.0780 e. The minimum Gasteiger partial charge on any atom is -0.331 e. The summed E-state index contributed by atoms with van der Waals surface area (Å²) in [5.41, 5.74) is 8.08. The summed E-state index contributed by atoms with van der Waals surface area (Å²) in [7, 11) is 6.84. The van der Waals surface area contributed by atoms with Gasteiger partial charge in [-0.3, -0.25) is 0 Å². The molecule has 0 amide bonds. The Kier molecular flexibility index (Phi) is 7.38. The zero-order valence-corrected chi connectivity index (χ0v) is 20.4. The van der Waals surface area contributed by atoms with Gasteiger partial charge in [0.2, 0.25) is 0 Å². The number of hydrogen-bond acceptors (Lipinski definition) is 0. The molecule has 0 heterocycles. The number of unbranched alkanes of at least 4 members (excludes halogenated alkanes) is 2. The Hall–Kier alpha value is -2.38. The summed E-state index contributed by atoms with van der Waals surface area (Å²) in [6, 6.07) is 26.9. The fourth-order valence-electron chi connectivity index (χ4n) is 4.21. The highest BCUT2D eigenvalue weighted by Crippen LogP contribution is 2.32. The van der Waals surface area contributed by atoms with Gasteiger partial charge in [0, 0.05) is 0 Å². The standard InChI is InChI=1S/C30H40N/c1-24-13-15-25(16-14-24)27-11-10-12-28(23-27)26-17-19-29(20-18-26)30(2,3)21-8-7-9-22-31(4,5)6/h10-20,23H,7-9,21-22H2,1-6H3/q+1. The molecule has 0 spiro atoms. The van der Waals surface area contributed by atoms with Crippen molar-refractivity contribution in [3.05, 3.63) is 83.9 Å². The third-order valence-corrected chi connectivity index (χ3v) is 6.38. The van der Waals surface area contributed by atoms with E-state index in [0.29, 0.717) is 0 Å². The third kappa shape index (κ3) is 6.80. The van der Waals surface area contributed by atoms with Gasteiger partial charge in [-0.25, -0.2) is 0 Å². The SMILES string of the molecule is Cc1ccc(-c2cccc(-c3ccc(C(C)(C)CCCCC[N+](C)(C)C)cc3)c2)cc1. The van der Waals surface area contributed by atoms with Crippen molar-refractivity contribution in [3.63, 3.8) is 0 Å². The Labute approximate surface area is 190 Å².